The number of amides is 1. The molecule has 0 spiro atoms. The van der Waals surface area contributed by atoms with Crippen molar-refractivity contribution in [3.63, 3.8) is 0 Å². The van der Waals surface area contributed by atoms with Crippen LogP contribution in [0, 0.1) is 5.82 Å². The third kappa shape index (κ3) is 5.23. The van der Waals surface area contributed by atoms with Crippen molar-refractivity contribution < 1.29 is 13.9 Å². The van der Waals surface area contributed by atoms with Crippen molar-refractivity contribution in [1.82, 2.24) is 14.4 Å². The number of halogens is 1. The average molecular weight is 610 g/mol. The second kappa shape index (κ2) is 11.9. The Kier molecular flexibility index (Phi) is 7.73. The second-order valence-corrected chi connectivity index (χ2v) is 12.7. The summed E-state index contributed by atoms with van der Waals surface area (Å²) in [6.45, 7) is 6.49. The number of aromatic nitrogens is 1. The first-order chi connectivity index (χ1) is 21.8. The normalized spacial score (nSPS) is 17.8. The fourth-order valence-corrected chi connectivity index (χ4v) is 7.07. The van der Waals surface area contributed by atoms with Gasteiger partial charge < -0.3 is 28.9 Å². The van der Waals surface area contributed by atoms with Gasteiger partial charge in [0, 0.05) is 63.9 Å². The van der Waals surface area contributed by atoms with E-state index in [2.05, 4.69) is 65.4 Å². The van der Waals surface area contributed by atoms with Crippen LogP contribution in [0.2, 0.25) is 0 Å². The van der Waals surface area contributed by atoms with E-state index in [9.17, 15) is 9.59 Å². The smallest absolute Gasteiger partial charge is 0.259 e. The average Bonchev–Trinajstić information content (AvgIpc) is 3.21. The molecule has 45 heavy (non-hydrogen) atoms. The maximum absolute atomic E-state index is 15.8. The number of rotatable bonds is 6. The van der Waals surface area contributed by atoms with E-state index < -0.39 is 11.2 Å². The van der Waals surface area contributed by atoms with Crippen molar-refractivity contribution in [1.29, 1.82) is 0 Å². The van der Waals surface area contributed by atoms with Gasteiger partial charge in [-0.2, -0.15) is 0 Å². The van der Waals surface area contributed by atoms with E-state index in [0.717, 1.165) is 32.5 Å². The maximum atomic E-state index is 15.8. The molecule has 7 rings (SSSR count). The molecule has 1 aromatic heterocycles. The number of aryl methyl sites for hydroxylation is 2. The molecule has 234 valence electrons. The summed E-state index contributed by atoms with van der Waals surface area (Å²) in [6, 6.07) is 18.2. The summed E-state index contributed by atoms with van der Waals surface area (Å²) in [5.41, 5.74) is 5.60. The Balaban J connectivity index is 1.16. The van der Waals surface area contributed by atoms with Crippen molar-refractivity contribution in [2.75, 3.05) is 69.8 Å². The van der Waals surface area contributed by atoms with Gasteiger partial charge >= 0.3 is 0 Å². The number of pyridine rings is 1. The number of carbonyl (C=O) groups excluding carboxylic acids is 1. The molecule has 0 radical (unpaired) electrons. The summed E-state index contributed by atoms with van der Waals surface area (Å²) in [5.74, 6) is -0.447. The van der Waals surface area contributed by atoms with Gasteiger partial charge in [-0.25, -0.2) is 4.39 Å². The zero-order chi connectivity index (χ0) is 31.2. The number of carbonyl (C=O) groups is 1. The van der Waals surface area contributed by atoms with Crippen LogP contribution < -0.4 is 20.0 Å². The number of benzene rings is 3. The van der Waals surface area contributed by atoms with Crippen molar-refractivity contribution in [2.24, 2.45) is 0 Å². The van der Waals surface area contributed by atoms with E-state index in [1.165, 1.54) is 28.6 Å². The molecule has 3 aliphatic heterocycles. The van der Waals surface area contributed by atoms with Gasteiger partial charge in [-0.3, -0.25) is 9.59 Å². The molecule has 3 aliphatic rings. The predicted octanol–water partition coefficient (Wildman–Crippen LogP) is 5.24. The van der Waals surface area contributed by atoms with Crippen LogP contribution >= 0.6 is 0 Å². The number of hydrogen-bond acceptors (Lipinski definition) is 6. The molecule has 0 aliphatic carbocycles. The summed E-state index contributed by atoms with van der Waals surface area (Å²) in [5, 5.41) is 0.184. The molecule has 4 aromatic rings. The zero-order valence-electron chi connectivity index (χ0n) is 26.3. The summed E-state index contributed by atoms with van der Waals surface area (Å²) in [7, 11) is 3.79. The van der Waals surface area contributed by atoms with Crippen LogP contribution in [0.15, 0.2) is 65.6 Å². The molecule has 3 aromatic carbocycles. The standard InChI is InChI=1S/C36H40FN5O3/c1-24-23-45-35-32-27(21-29(37)33(35)40-19-17-38(2)18-20-40)34(43)28(22-42(24)32)36(44)39(3)15-8-16-41-30-11-6-4-9-25(30)13-14-26-10-5-7-12-31(26)41/h4-7,9-12,21-22,24H,8,13-20,23H2,1-3H3. The first-order valence-corrected chi connectivity index (χ1v) is 16.0. The number of fused-ring (bicyclic) bond motifs is 2. The van der Waals surface area contributed by atoms with E-state index in [0.29, 0.717) is 49.6 Å². The third-order valence-corrected chi connectivity index (χ3v) is 9.64. The van der Waals surface area contributed by atoms with E-state index in [1.807, 2.05) is 16.4 Å². The molecule has 8 nitrogen and oxygen atoms in total. The summed E-state index contributed by atoms with van der Waals surface area (Å²) in [4.78, 5) is 35.8. The van der Waals surface area contributed by atoms with E-state index >= 15 is 4.39 Å². The van der Waals surface area contributed by atoms with Gasteiger partial charge in [-0.1, -0.05) is 36.4 Å². The molecule has 4 heterocycles. The van der Waals surface area contributed by atoms with Crippen LogP contribution in [0.3, 0.4) is 0 Å². The van der Waals surface area contributed by atoms with Crippen LogP contribution in [0.4, 0.5) is 21.5 Å². The number of nitrogens with zero attached hydrogens (tertiary/aromatic N) is 5. The SMILES string of the molecule is CC1COc2c(N3CCN(C)CC3)c(F)cc3c(=O)c(C(=O)N(C)CCCN4c5ccccc5CCc5ccccc54)cn1c23. The summed E-state index contributed by atoms with van der Waals surface area (Å²) >= 11 is 0. The number of likely N-dealkylation sites (N-methyl/N-ethyl adjacent to an activating group) is 1. The molecular formula is C36H40FN5O3. The molecule has 1 fully saturated rings. The van der Waals surface area contributed by atoms with Crippen LogP contribution in [-0.4, -0.2) is 80.2 Å². The van der Waals surface area contributed by atoms with Gasteiger partial charge in [0.2, 0.25) is 5.43 Å². The topological polar surface area (TPSA) is 61.3 Å². The van der Waals surface area contributed by atoms with Gasteiger partial charge in [0.1, 0.15) is 17.9 Å². The highest BCUT2D eigenvalue weighted by atomic mass is 19.1. The van der Waals surface area contributed by atoms with Crippen molar-refractivity contribution in [3.8, 4) is 5.75 Å². The maximum Gasteiger partial charge on any atom is 0.259 e. The Labute approximate surface area is 263 Å². The Bertz CT molecular complexity index is 1780. The Hall–Kier alpha value is -4.37. The van der Waals surface area contributed by atoms with E-state index in [1.54, 1.807) is 18.1 Å². The number of anilines is 3. The molecule has 1 atom stereocenters. The van der Waals surface area contributed by atoms with E-state index in [4.69, 9.17) is 4.74 Å². The molecule has 0 saturated carbocycles. The lowest BCUT2D eigenvalue weighted by atomic mass is 10.0. The van der Waals surface area contributed by atoms with Gasteiger partial charge in [0.15, 0.2) is 11.6 Å². The Morgan fingerprint density at radius 1 is 1.00 bits per heavy atom. The monoisotopic (exact) mass is 609 g/mol. The molecule has 0 N–H and O–H groups in total. The highest BCUT2D eigenvalue weighted by Gasteiger charge is 2.31. The Morgan fingerprint density at radius 2 is 1.64 bits per heavy atom. The van der Waals surface area contributed by atoms with Gasteiger partial charge in [-0.05, 0) is 62.6 Å². The lowest BCUT2D eigenvalue weighted by Gasteiger charge is -2.37. The van der Waals surface area contributed by atoms with Crippen LogP contribution in [0.5, 0.6) is 5.75 Å². The molecule has 1 amide bonds. The molecular weight excluding hydrogens is 569 g/mol. The van der Waals surface area contributed by atoms with Crippen LogP contribution in [-0.2, 0) is 12.8 Å². The van der Waals surface area contributed by atoms with Gasteiger partial charge in [-0.15, -0.1) is 0 Å². The lowest BCUT2D eigenvalue weighted by Crippen LogP contribution is -2.45. The fraction of sp³-hybridized carbons (Fsp3) is 0.389. The highest BCUT2D eigenvalue weighted by Crippen LogP contribution is 2.42. The first-order valence-electron chi connectivity index (χ1n) is 16.0. The van der Waals surface area contributed by atoms with Crippen molar-refractivity contribution >= 4 is 33.9 Å². The second-order valence-electron chi connectivity index (χ2n) is 12.7. The summed E-state index contributed by atoms with van der Waals surface area (Å²) in [6.07, 6.45) is 4.34. The minimum absolute atomic E-state index is 0.0573. The summed E-state index contributed by atoms with van der Waals surface area (Å²) < 4.78 is 23.8. The minimum atomic E-state index is -0.490. The number of hydrogen-bond donors (Lipinski definition) is 0. The first kappa shape index (κ1) is 29.3. The molecule has 1 saturated heterocycles. The third-order valence-electron chi connectivity index (χ3n) is 9.64. The molecule has 1 unspecified atom stereocenters. The van der Waals surface area contributed by atoms with Gasteiger partial charge in [0.25, 0.3) is 5.91 Å². The largest absolute Gasteiger partial charge is 0.487 e. The highest BCUT2D eigenvalue weighted by molar-refractivity contribution is 6.00. The predicted molar refractivity (Wildman–Crippen MR) is 177 cm³/mol. The Morgan fingerprint density at radius 3 is 2.31 bits per heavy atom. The number of ether oxygens (including phenoxy) is 1. The number of para-hydroxylation sites is 2. The van der Waals surface area contributed by atoms with Gasteiger partial charge in [0.05, 0.1) is 16.9 Å². The van der Waals surface area contributed by atoms with Crippen LogP contribution in [0.1, 0.15) is 40.9 Å². The van der Waals surface area contributed by atoms with Crippen molar-refractivity contribution in [2.45, 2.75) is 32.2 Å². The lowest BCUT2D eigenvalue weighted by molar-refractivity contribution is 0.0792. The zero-order valence-corrected chi connectivity index (χ0v) is 26.3. The fourth-order valence-electron chi connectivity index (χ4n) is 7.07. The minimum Gasteiger partial charge on any atom is -0.487 e. The quantitative estimate of drug-likeness (QED) is 0.298. The van der Waals surface area contributed by atoms with E-state index in [-0.39, 0.29) is 22.9 Å². The van der Waals surface area contributed by atoms with Crippen LogP contribution in [0.25, 0.3) is 10.9 Å². The van der Waals surface area contributed by atoms with Crippen molar-refractivity contribution in [3.05, 3.63) is 93.5 Å². The molecule has 9 heteroatoms. The molecule has 0 bridgehead atoms. The number of piperazine rings is 1.